The van der Waals surface area contributed by atoms with Gasteiger partial charge in [0.05, 0.1) is 14.2 Å². The molecule has 0 aliphatic carbocycles. The van der Waals surface area contributed by atoms with Crippen molar-refractivity contribution in [3.63, 3.8) is 0 Å². The van der Waals surface area contributed by atoms with Crippen LogP contribution in [0.3, 0.4) is 0 Å². The quantitative estimate of drug-likeness (QED) is 0.440. The third-order valence-electron chi connectivity index (χ3n) is 2.19. The molecule has 90 valence electrons. The summed E-state index contributed by atoms with van der Waals surface area (Å²) in [4.78, 5) is 34.7. The van der Waals surface area contributed by atoms with Crippen molar-refractivity contribution < 1.29 is 23.9 Å². The molecule has 0 N–H and O–H groups in total. The van der Waals surface area contributed by atoms with Crippen LogP contribution in [0.1, 0.15) is 10.4 Å². The number of hydrogen-bond acceptors (Lipinski definition) is 5. The number of hydrogen-bond donors (Lipinski definition) is 0. The Bertz CT molecular complexity index is 408. The molecule has 1 rings (SSSR count). The van der Waals surface area contributed by atoms with Crippen molar-refractivity contribution >= 4 is 17.7 Å². The van der Waals surface area contributed by atoms with E-state index in [-0.39, 0.29) is 5.56 Å². The molecular formula is C12H12O5. The van der Waals surface area contributed by atoms with E-state index in [1.807, 2.05) is 0 Å². The molecule has 1 aromatic rings. The van der Waals surface area contributed by atoms with Gasteiger partial charge in [-0.3, -0.25) is 14.4 Å². The van der Waals surface area contributed by atoms with Gasteiger partial charge in [-0.15, -0.1) is 0 Å². The van der Waals surface area contributed by atoms with Crippen LogP contribution in [0.15, 0.2) is 30.3 Å². The first-order valence-electron chi connectivity index (χ1n) is 4.86. The molecule has 0 amide bonds. The highest BCUT2D eigenvalue weighted by Gasteiger charge is 2.36. The molecule has 0 heterocycles. The third kappa shape index (κ3) is 2.90. The Labute approximate surface area is 98.3 Å². The van der Waals surface area contributed by atoms with Crippen LogP contribution in [-0.4, -0.2) is 31.9 Å². The molecule has 0 aliphatic rings. The average molecular weight is 236 g/mol. The summed E-state index contributed by atoms with van der Waals surface area (Å²) in [5, 5.41) is 0. The Kier molecular flexibility index (Phi) is 4.39. The van der Waals surface area contributed by atoms with Crippen LogP contribution in [-0.2, 0) is 19.1 Å². The zero-order valence-corrected chi connectivity index (χ0v) is 9.51. The summed E-state index contributed by atoms with van der Waals surface area (Å²) < 4.78 is 8.83. The van der Waals surface area contributed by atoms with Crippen LogP contribution in [0.25, 0.3) is 0 Å². The summed E-state index contributed by atoms with van der Waals surface area (Å²) in [6.07, 6.45) is 0. The van der Waals surface area contributed by atoms with Crippen molar-refractivity contribution in [3.05, 3.63) is 35.9 Å². The maximum absolute atomic E-state index is 11.9. The molecule has 0 saturated carbocycles. The van der Waals surface area contributed by atoms with E-state index < -0.39 is 23.6 Å². The predicted octanol–water partition coefficient (Wildman–Crippen LogP) is 0.831. The minimum atomic E-state index is -1.56. The van der Waals surface area contributed by atoms with Gasteiger partial charge in [-0.25, -0.2) is 0 Å². The van der Waals surface area contributed by atoms with Crippen molar-refractivity contribution in [2.75, 3.05) is 14.2 Å². The van der Waals surface area contributed by atoms with Gasteiger partial charge in [0.1, 0.15) is 0 Å². The van der Waals surface area contributed by atoms with E-state index in [1.54, 1.807) is 18.2 Å². The average Bonchev–Trinajstić information content (AvgIpc) is 2.39. The fraction of sp³-hybridized carbons (Fsp3) is 0.250. The molecular weight excluding hydrogens is 224 g/mol. The number of Topliss-reactive ketones (excluding diaryl/α,β-unsaturated/α-hetero) is 1. The van der Waals surface area contributed by atoms with Crippen molar-refractivity contribution in [1.29, 1.82) is 0 Å². The molecule has 0 aromatic heterocycles. The van der Waals surface area contributed by atoms with E-state index in [0.717, 1.165) is 14.2 Å². The largest absolute Gasteiger partial charge is 0.468 e. The minimum absolute atomic E-state index is 0.258. The van der Waals surface area contributed by atoms with E-state index in [0.29, 0.717) is 0 Å². The van der Waals surface area contributed by atoms with Crippen LogP contribution < -0.4 is 0 Å². The molecule has 0 bridgehead atoms. The summed E-state index contributed by atoms with van der Waals surface area (Å²) in [7, 11) is 2.22. The Morgan fingerprint density at radius 3 is 1.82 bits per heavy atom. The van der Waals surface area contributed by atoms with Crippen molar-refractivity contribution in [2.45, 2.75) is 0 Å². The molecule has 0 atom stereocenters. The number of benzene rings is 1. The first kappa shape index (κ1) is 12.9. The predicted molar refractivity (Wildman–Crippen MR) is 58.3 cm³/mol. The van der Waals surface area contributed by atoms with Gasteiger partial charge in [-0.2, -0.15) is 0 Å². The minimum Gasteiger partial charge on any atom is -0.468 e. The van der Waals surface area contributed by atoms with Crippen LogP contribution >= 0.6 is 0 Å². The van der Waals surface area contributed by atoms with Crippen molar-refractivity contribution in [3.8, 4) is 0 Å². The molecule has 0 spiro atoms. The lowest BCUT2D eigenvalue weighted by Crippen LogP contribution is -2.33. The van der Waals surface area contributed by atoms with Gasteiger partial charge in [-0.05, 0) is 0 Å². The lowest BCUT2D eigenvalue weighted by molar-refractivity contribution is -0.155. The van der Waals surface area contributed by atoms with Crippen LogP contribution in [0.5, 0.6) is 0 Å². The van der Waals surface area contributed by atoms with Crippen molar-refractivity contribution in [1.82, 2.24) is 0 Å². The Morgan fingerprint density at radius 2 is 1.41 bits per heavy atom. The van der Waals surface area contributed by atoms with E-state index in [1.165, 1.54) is 12.1 Å². The van der Waals surface area contributed by atoms with E-state index in [4.69, 9.17) is 0 Å². The van der Waals surface area contributed by atoms with Gasteiger partial charge in [0.2, 0.25) is 5.92 Å². The highest BCUT2D eigenvalue weighted by Crippen LogP contribution is 2.12. The number of ether oxygens (including phenoxy) is 2. The molecule has 0 radical (unpaired) electrons. The number of carbonyl (C=O) groups is 3. The lowest BCUT2D eigenvalue weighted by atomic mass is 9.98. The maximum Gasteiger partial charge on any atom is 0.328 e. The smallest absolute Gasteiger partial charge is 0.328 e. The standard InChI is InChI=1S/C12H12O5/c1-16-11(14)9(12(15)17-2)10(13)8-6-4-3-5-7-8/h3-7,9H,1-2H3. The van der Waals surface area contributed by atoms with E-state index in [2.05, 4.69) is 9.47 Å². The Morgan fingerprint density at radius 1 is 0.941 bits per heavy atom. The normalized spacial score (nSPS) is 9.82. The first-order chi connectivity index (χ1) is 8.11. The second-order valence-corrected chi connectivity index (χ2v) is 3.21. The SMILES string of the molecule is COC(=O)C(C(=O)OC)C(=O)c1ccccc1. The van der Waals surface area contributed by atoms with E-state index >= 15 is 0 Å². The van der Waals surface area contributed by atoms with Crippen molar-refractivity contribution in [2.24, 2.45) is 5.92 Å². The third-order valence-corrected chi connectivity index (χ3v) is 2.19. The number of methoxy groups -OCH3 is 2. The first-order valence-corrected chi connectivity index (χ1v) is 4.86. The number of esters is 2. The van der Waals surface area contributed by atoms with Gasteiger partial charge in [0.15, 0.2) is 5.78 Å². The summed E-state index contributed by atoms with van der Waals surface area (Å²) in [6.45, 7) is 0. The van der Waals surface area contributed by atoms with E-state index in [9.17, 15) is 14.4 Å². The van der Waals surface area contributed by atoms with Gasteiger partial charge in [0.25, 0.3) is 0 Å². The highest BCUT2D eigenvalue weighted by atomic mass is 16.5. The monoisotopic (exact) mass is 236 g/mol. The molecule has 0 aliphatic heterocycles. The summed E-state index contributed by atoms with van der Waals surface area (Å²) in [6, 6.07) is 8.03. The fourth-order valence-electron chi connectivity index (χ4n) is 1.32. The topological polar surface area (TPSA) is 69.7 Å². The second-order valence-electron chi connectivity index (χ2n) is 3.21. The van der Waals surface area contributed by atoms with Gasteiger partial charge >= 0.3 is 11.9 Å². The summed E-state index contributed by atoms with van der Waals surface area (Å²) in [5.74, 6) is -4.05. The molecule has 0 unspecified atom stereocenters. The van der Waals surface area contributed by atoms with Crippen LogP contribution in [0, 0.1) is 5.92 Å². The molecule has 1 aromatic carbocycles. The maximum atomic E-state index is 11.9. The number of carbonyl (C=O) groups excluding carboxylic acids is 3. The van der Waals surface area contributed by atoms with Gasteiger partial charge in [0, 0.05) is 5.56 Å². The number of ketones is 1. The van der Waals surface area contributed by atoms with Crippen LogP contribution in [0.2, 0.25) is 0 Å². The van der Waals surface area contributed by atoms with Crippen LogP contribution in [0.4, 0.5) is 0 Å². The molecule has 17 heavy (non-hydrogen) atoms. The molecule has 0 fully saturated rings. The zero-order valence-electron chi connectivity index (χ0n) is 9.51. The molecule has 5 heteroatoms. The highest BCUT2D eigenvalue weighted by molar-refractivity contribution is 6.20. The zero-order chi connectivity index (χ0) is 12.8. The Hall–Kier alpha value is -2.17. The number of rotatable bonds is 4. The molecule has 0 saturated heterocycles. The second kappa shape index (κ2) is 5.79. The lowest BCUT2D eigenvalue weighted by Gasteiger charge is -2.11. The summed E-state index contributed by atoms with van der Waals surface area (Å²) >= 11 is 0. The van der Waals surface area contributed by atoms with Gasteiger partial charge in [-0.1, -0.05) is 30.3 Å². The van der Waals surface area contributed by atoms with Gasteiger partial charge < -0.3 is 9.47 Å². The summed E-state index contributed by atoms with van der Waals surface area (Å²) in [5.41, 5.74) is 0.258. The fourth-order valence-corrected chi connectivity index (χ4v) is 1.32. The molecule has 5 nitrogen and oxygen atoms in total. The Balaban J connectivity index is 3.03.